The molecule has 15 heavy (non-hydrogen) atoms. The van der Waals surface area contributed by atoms with E-state index in [0.29, 0.717) is 0 Å². The summed E-state index contributed by atoms with van der Waals surface area (Å²) in [6.07, 6.45) is 10.7. The van der Waals surface area contributed by atoms with Crippen molar-refractivity contribution in [3.05, 3.63) is 18.2 Å². The normalized spacial score (nSPS) is 16.6. The quantitative estimate of drug-likeness (QED) is 0.724. The second-order valence-electron chi connectivity index (χ2n) is 4.46. The van der Waals surface area contributed by atoms with E-state index in [1.165, 1.54) is 38.6 Å². The second-order valence-corrected chi connectivity index (χ2v) is 4.46. The van der Waals surface area contributed by atoms with Gasteiger partial charge in [0.05, 0.1) is 0 Å². The second kappa shape index (κ2) is 5.31. The molecule has 0 amide bonds. The molecule has 84 valence electrons. The number of hydrogen-bond donors (Lipinski definition) is 1. The minimum Gasteiger partial charge on any atom is -0.335 e. The molecule has 0 aromatic carbocycles. The number of rotatable bonds is 6. The van der Waals surface area contributed by atoms with Crippen molar-refractivity contribution < 1.29 is 0 Å². The molecule has 1 aromatic rings. The number of unbranched alkanes of at least 4 members (excludes halogenated alkanes) is 1. The molecule has 0 aliphatic heterocycles. The van der Waals surface area contributed by atoms with Gasteiger partial charge in [0.1, 0.15) is 5.82 Å². The van der Waals surface area contributed by atoms with Crippen molar-refractivity contribution in [1.82, 2.24) is 14.9 Å². The highest BCUT2D eigenvalue weighted by Gasteiger charge is 2.15. The van der Waals surface area contributed by atoms with E-state index in [1.807, 2.05) is 6.20 Å². The molecule has 2 rings (SSSR count). The zero-order chi connectivity index (χ0) is 10.5. The topological polar surface area (TPSA) is 29.9 Å². The molecule has 0 saturated heterocycles. The van der Waals surface area contributed by atoms with Gasteiger partial charge in [0.25, 0.3) is 0 Å². The molecule has 3 heteroatoms. The van der Waals surface area contributed by atoms with Crippen LogP contribution in [0.2, 0.25) is 0 Å². The van der Waals surface area contributed by atoms with Crippen LogP contribution in [0.3, 0.4) is 0 Å². The Bertz CT molecular complexity index is 289. The molecule has 1 N–H and O–H groups in total. The minimum absolute atomic E-state index is 0.833. The van der Waals surface area contributed by atoms with Crippen molar-refractivity contribution in [2.75, 3.05) is 6.54 Å². The van der Waals surface area contributed by atoms with Crippen molar-refractivity contribution >= 4 is 0 Å². The summed E-state index contributed by atoms with van der Waals surface area (Å²) in [6, 6.07) is 0.833. The van der Waals surface area contributed by atoms with Crippen molar-refractivity contribution in [3.8, 4) is 0 Å². The van der Waals surface area contributed by atoms with Gasteiger partial charge in [0.2, 0.25) is 0 Å². The van der Waals surface area contributed by atoms with Crippen LogP contribution < -0.4 is 5.32 Å². The first-order valence-corrected chi connectivity index (χ1v) is 6.07. The molecule has 0 unspecified atom stereocenters. The van der Waals surface area contributed by atoms with E-state index in [9.17, 15) is 0 Å². The number of nitrogens with zero attached hydrogens (tertiary/aromatic N) is 2. The summed E-state index contributed by atoms with van der Waals surface area (Å²) >= 11 is 0. The van der Waals surface area contributed by atoms with Crippen LogP contribution in [-0.2, 0) is 6.54 Å². The van der Waals surface area contributed by atoms with Crippen molar-refractivity contribution in [3.63, 3.8) is 0 Å². The first kappa shape index (κ1) is 10.7. The Hall–Kier alpha value is -0.830. The molecule has 1 fully saturated rings. The zero-order valence-corrected chi connectivity index (χ0v) is 9.58. The van der Waals surface area contributed by atoms with E-state index < -0.39 is 0 Å². The molecule has 0 spiro atoms. The molecular formula is C12H21N3. The largest absolute Gasteiger partial charge is 0.335 e. The van der Waals surface area contributed by atoms with Gasteiger partial charge in [-0.3, -0.25) is 0 Å². The van der Waals surface area contributed by atoms with E-state index in [0.717, 1.165) is 18.4 Å². The lowest BCUT2D eigenvalue weighted by Gasteiger charge is -2.26. The molecule has 1 aromatic heterocycles. The third kappa shape index (κ3) is 3.06. The zero-order valence-electron chi connectivity index (χ0n) is 9.58. The fraction of sp³-hybridized carbons (Fsp3) is 0.750. The van der Waals surface area contributed by atoms with E-state index in [4.69, 9.17) is 0 Å². The Labute approximate surface area is 91.9 Å². The number of hydrogen-bond acceptors (Lipinski definition) is 2. The molecular weight excluding hydrogens is 186 g/mol. The van der Waals surface area contributed by atoms with Gasteiger partial charge in [0, 0.05) is 25.0 Å². The summed E-state index contributed by atoms with van der Waals surface area (Å²) in [6.45, 7) is 4.35. The van der Waals surface area contributed by atoms with Gasteiger partial charge in [-0.25, -0.2) is 4.98 Å². The monoisotopic (exact) mass is 207 g/mol. The summed E-state index contributed by atoms with van der Waals surface area (Å²) in [4.78, 5) is 4.21. The highest BCUT2D eigenvalue weighted by atomic mass is 15.0. The molecule has 1 aliphatic rings. The molecule has 0 atom stereocenters. The maximum absolute atomic E-state index is 4.21. The molecule has 0 radical (unpaired) electrons. The predicted molar refractivity (Wildman–Crippen MR) is 61.8 cm³/mol. The first-order chi connectivity index (χ1) is 7.36. The molecule has 0 bridgehead atoms. The smallest absolute Gasteiger partial charge is 0.105 e. The first-order valence-electron chi connectivity index (χ1n) is 6.07. The molecule has 1 saturated carbocycles. The Morgan fingerprint density at radius 1 is 1.47 bits per heavy atom. The van der Waals surface area contributed by atoms with E-state index in [1.54, 1.807) is 0 Å². The maximum Gasteiger partial charge on any atom is 0.105 e. The van der Waals surface area contributed by atoms with Crippen molar-refractivity contribution in [2.45, 2.75) is 51.6 Å². The fourth-order valence-electron chi connectivity index (χ4n) is 1.97. The van der Waals surface area contributed by atoms with Crippen LogP contribution in [0.25, 0.3) is 0 Å². The standard InChI is InChI=1S/C12H21N3/c1-11-13-8-10-15(11)9-3-2-7-14-12-5-4-6-12/h8,10,12,14H,2-7,9H2,1H3. The maximum atomic E-state index is 4.21. The Morgan fingerprint density at radius 2 is 2.33 bits per heavy atom. The van der Waals surface area contributed by atoms with Crippen molar-refractivity contribution in [2.24, 2.45) is 0 Å². The van der Waals surface area contributed by atoms with E-state index >= 15 is 0 Å². The lowest BCUT2D eigenvalue weighted by atomic mass is 9.93. The SMILES string of the molecule is Cc1nccn1CCCCNC1CCC1. The molecule has 3 nitrogen and oxygen atoms in total. The van der Waals surface area contributed by atoms with Crippen LogP contribution in [-0.4, -0.2) is 22.1 Å². The Balaban J connectivity index is 1.53. The van der Waals surface area contributed by atoms with Gasteiger partial charge >= 0.3 is 0 Å². The van der Waals surface area contributed by atoms with Gasteiger partial charge < -0.3 is 9.88 Å². The van der Waals surface area contributed by atoms with Gasteiger partial charge in [-0.05, 0) is 39.2 Å². The van der Waals surface area contributed by atoms with Gasteiger partial charge in [-0.15, -0.1) is 0 Å². The Kier molecular flexibility index (Phi) is 3.78. The van der Waals surface area contributed by atoms with Crippen LogP contribution in [0.5, 0.6) is 0 Å². The summed E-state index contributed by atoms with van der Waals surface area (Å²) in [7, 11) is 0. The summed E-state index contributed by atoms with van der Waals surface area (Å²) in [5.41, 5.74) is 0. The summed E-state index contributed by atoms with van der Waals surface area (Å²) in [5, 5.41) is 3.59. The van der Waals surface area contributed by atoms with Crippen molar-refractivity contribution in [1.29, 1.82) is 0 Å². The fourth-order valence-corrected chi connectivity index (χ4v) is 1.97. The highest BCUT2D eigenvalue weighted by molar-refractivity contribution is 4.88. The van der Waals surface area contributed by atoms with Crippen LogP contribution in [0.4, 0.5) is 0 Å². The third-order valence-electron chi connectivity index (χ3n) is 3.29. The van der Waals surface area contributed by atoms with E-state index in [2.05, 4.69) is 28.0 Å². The average Bonchev–Trinajstić information content (AvgIpc) is 2.55. The van der Waals surface area contributed by atoms with Crippen LogP contribution in [0.15, 0.2) is 12.4 Å². The molecule has 1 aliphatic carbocycles. The van der Waals surface area contributed by atoms with E-state index in [-0.39, 0.29) is 0 Å². The van der Waals surface area contributed by atoms with Gasteiger partial charge in [-0.1, -0.05) is 6.42 Å². The van der Waals surface area contributed by atoms with Gasteiger partial charge in [0.15, 0.2) is 0 Å². The number of aryl methyl sites for hydroxylation is 2. The minimum atomic E-state index is 0.833. The number of aromatic nitrogens is 2. The van der Waals surface area contributed by atoms with Crippen LogP contribution >= 0.6 is 0 Å². The number of nitrogens with one attached hydrogen (secondary N) is 1. The predicted octanol–water partition coefficient (Wildman–Crippen LogP) is 2.11. The van der Waals surface area contributed by atoms with Gasteiger partial charge in [-0.2, -0.15) is 0 Å². The highest BCUT2D eigenvalue weighted by Crippen LogP contribution is 2.17. The molecule has 1 heterocycles. The summed E-state index contributed by atoms with van der Waals surface area (Å²) in [5.74, 6) is 1.13. The lowest BCUT2D eigenvalue weighted by molar-refractivity contribution is 0.336. The Morgan fingerprint density at radius 3 is 2.93 bits per heavy atom. The van der Waals surface area contributed by atoms with Crippen LogP contribution in [0, 0.1) is 6.92 Å². The van der Waals surface area contributed by atoms with Crippen LogP contribution in [0.1, 0.15) is 37.9 Å². The number of imidazole rings is 1. The third-order valence-corrected chi connectivity index (χ3v) is 3.29. The average molecular weight is 207 g/mol. The lowest BCUT2D eigenvalue weighted by Crippen LogP contribution is -2.35. The summed E-state index contributed by atoms with van der Waals surface area (Å²) < 4.78 is 2.23.